The minimum atomic E-state index is -0.201. The summed E-state index contributed by atoms with van der Waals surface area (Å²) in [6.07, 6.45) is 7.19. The lowest BCUT2D eigenvalue weighted by molar-refractivity contribution is 0.0953. The first-order valence-corrected chi connectivity index (χ1v) is 8.56. The molecule has 0 unspecified atom stereocenters. The van der Waals surface area contributed by atoms with Crippen molar-refractivity contribution in [2.75, 3.05) is 11.9 Å². The van der Waals surface area contributed by atoms with Crippen LogP contribution in [0, 0.1) is 0 Å². The molecule has 1 aromatic carbocycles. The Bertz CT molecular complexity index is 855. The van der Waals surface area contributed by atoms with Crippen molar-refractivity contribution in [2.45, 2.75) is 13.0 Å². The summed E-state index contributed by atoms with van der Waals surface area (Å²) in [6, 6.07) is 11.4. The van der Waals surface area contributed by atoms with Gasteiger partial charge in [0.25, 0.3) is 5.91 Å². The molecular weight excluding hydrogens is 350 g/mol. The van der Waals surface area contributed by atoms with Crippen LogP contribution in [0.3, 0.4) is 0 Å². The standard InChI is InChI=1S/C19H18ClN5O/c20-17-3-1-2-14(10-17)6-9-22-18(26)16-12-24-19(25-13-16)23-11-15-4-7-21-8-5-15/h1-5,7-8,10,12-13H,6,9,11H2,(H,22,26)(H,23,24,25). The van der Waals surface area contributed by atoms with Gasteiger partial charge in [0, 0.05) is 42.9 Å². The third kappa shape index (κ3) is 5.26. The Kier molecular flexibility index (Phi) is 6.11. The van der Waals surface area contributed by atoms with Crippen LogP contribution in [0.15, 0.2) is 61.2 Å². The van der Waals surface area contributed by atoms with Gasteiger partial charge in [-0.25, -0.2) is 9.97 Å². The summed E-state index contributed by atoms with van der Waals surface area (Å²) in [5.41, 5.74) is 2.57. The molecule has 0 bridgehead atoms. The predicted molar refractivity (Wildman–Crippen MR) is 101 cm³/mol. The summed E-state index contributed by atoms with van der Waals surface area (Å²) in [6.45, 7) is 1.11. The molecule has 0 aliphatic rings. The highest BCUT2D eigenvalue weighted by Gasteiger charge is 2.07. The van der Waals surface area contributed by atoms with Crippen molar-refractivity contribution < 1.29 is 4.79 Å². The lowest BCUT2D eigenvalue weighted by Crippen LogP contribution is -2.26. The maximum Gasteiger partial charge on any atom is 0.254 e. The van der Waals surface area contributed by atoms with Crippen molar-refractivity contribution in [2.24, 2.45) is 0 Å². The molecule has 0 saturated heterocycles. The molecule has 0 radical (unpaired) electrons. The quantitative estimate of drug-likeness (QED) is 0.670. The van der Waals surface area contributed by atoms with Gasteiger partial charge in [-0.3, -0.25) is 9.78 Å². The fraction of sp³-hybridized carbons (Fsp3) is 0.158. The van der Waals surface area contributed by atoms with E-state index in [9.17, 15) is 4.79 Å². The second-order valence-electron chi connectivity index (χ2n) is 5.64. The number of benzene rings is 1. The zero-order chi connectivity index (χ0) is 18.2. The second-order valence-corrected chi connectivity index (χ2v) is 6.08. The van der Waals surface area contributed by atoms with Crippen LogP contribution in [0.2, 0.25) is 5.02 Å². The van der Waals surface area contributed by atoms with Crippen molar-refractivity contribution in [1.29, 1.82) is 0 Å². The number of hydrogen-bond donors (Lipinski definition) is 2. The third-order valence-corrected chi connectivity index (χ3v) is 3.94. The highest BCUT2D eigenvalue weighted by molar-refractivity contribution is 6.30. The van der Waals surface area contributed by atoms with Crippen molar-refractivity contribution in [3.05, 3.63) is 82.9 Å². The minimum absolute atomic E-state index is 0.201. The van der Waals surface area contributed by atoms with Crippen LogP contribution in [0.1, 0.15) is 21.5 Å². The van der Waals surface area contributed by atoms with Crippen LogP contribution in [-0.2, 0) is 13.0 Å². The van der Waals surface area contributed by atoms with Crippen molar-refractivity contribution in [1.82, 2.24) is 20.3 Å². The SMILES string of the molecule is O=C(NCCc1cccc(Cl)c1)c1cnc(NCc2ccncc2)nc1. The summed E-state index contributed by atoms with van der Waals surface area (Å²) in [5.74, 6) is 0.269. The van der Waals surface area contributed by atoms with E-state index in [1.54, 1.807) is 12.4 Å². The molecule has 0 saturated carbocycles. The fourth-order valence-electron chi connectivity index (χ4n) is 2.33. The predicted octanol–water partition coefficient (Wildman–Crippen LogP) is 3.11. The molecule has 0 aliphatic heterocycles. The van der Waals surface area contributed by atoms with Gasteiger partial charge >= 0.3 is 0 Å². The number of hydrogen-bond acceptors (Lipinski definition) is 5. The van der Waals surface area contributed by atoms with Gasteiger partial charge in [0.15, 0.2) is 0 Å². The average molecular weight is 368 g/mol. The van der Waals surface area contributed by atoms with Crippen LogP contribution in [-0.4, -0.2) is 27.4 Å². The minimum Gasteiger partial charge on any atom is -0.352 e. The van der Waals surface area contributed by atoms with Crippen LogP contribution < -0.4 is 10.6 Å². The molecule has 2 aromatic heterocycles. The highest BCUT2D eigenvalue weighted by atomic mass is 35.5. The number of anilines is 1. The van der Waals surface area contributed by atoms with E-state index < -0.39 is 0 Å². The Morgan fingerprint density at radius 1 is 1.04 bits per heavy atom. The van der Waals surface area contributed by atoms with Crippen molar-refractivity contribution in [3.8, 4) is 0 Å². The smallest absolute Gasteiger partial charge is 0.254 e. The molecule has 2 heterocycles. The zero-order valence-electron chi connectivity index (χ0n) is 14.0. The van der Waals surface area contributed by atoms with Crippen LogP contribution in [0.4, 0.5) is 5.95 Å². The van der Waals surface area contributed by atoms with Crippen molar-refractivity contribution >= 4 is 23.5 Å². The van der Waals surface area contributed by atoms with Gasteiger partial charge in [0.05, 0.1) is 5.56 Å². The summed E-state index contributed by atoms with van der Waals surface area (Å²) < 4.78 is 0. The molecule has 0 aliphatic carbocycles. The fourth-order valence-corrected chi connectivity index (χ4v) is 2.55. The Hall–Kier alpha value is -2.99. The summed E-state index contributed by atoms with van der Waals surface area (Å²) >= 11 is 5.95. The second kappa shape index (κ2) is 8.92. The normalized spacial score (nSPS) is 10.3. The molecular formula is C19H18ClN5O. The number of aromatic nitrogens is 3. The number of carbonyl (C=O) groups excluding carboxylic acids is 1. The topological polar surface area (TPSA) is 79.8 Å². The number of nitrogens with one attached hydrogen (secondary N) is 2. The first-order chi connectivity index (χ1) is 12.7. The van der Waals surface area contributed by atoms with Gasteiger partial charge in [-0.05, 0) is 41.8 Å². The molecule has 26 heavy (non-hydrogen) atoms. The maximum absolute atomic E-state index is 12.1. The van der Waals surface area contributed by atoms with E-state index in [4.69, 9.17) is 11.6 Å². The number of amides is 1. The molecule has 7 heteroatoms. The lowest BCUT2D eigenvalue weighted by Gasteiger charge is -2.07. The number of carbonyl (C=O) groups is 1. The monoisotopic (exact) mass is 367 g/mol. The molecule has 1 amide bonds. The Morgan fingerprint density at radius 2 is 1.81 bits per heavy atom. The van der Waals surface area contributed by atoms with E-state index >= 15 is 0 Å². The highest BCUT2D eigenvalue weighted by Crippen LogP contribution is 2.10. The van der Waals surface area contributed by atoms with Crippen LogP contribution in [0.5, 0.6) is 0 Å². The first kappa shape index (κ1) is 17.8. The number of rotatable bonds is 7. The van der Waals surface area contributed by atoms with E-state index in [0.29, 0.717) is 36.0 Å². The molecule has 132 valence electrons. The lowest BCUT2D eigenvalue weighted by atomic mass is 10.1. The summed E-state index contributed by atoms with van der Waals surface area (Å²) in [5, 5.41) is 6.65. The van der Waals surface area contributed by atoms with Crippen molar-refractivity contribution in [3.63, 3.8) is 0 Å². The number of halogens is 1. The zero-order valence-corrected chi connectivity index (χ0v) is 14.8. The van der Waals surface area contributed by atoms with Gasteiger partial charge in [0.2, 0.25) is 5.95 Å². The Balaban J connectivity index is 1.47. The summed E-state index contributed by atoms with van der Waals surface area (Å²) in [7, 11) is 0. The van der Waals surface area contributed by atoms with Crippen LogP contribution in [0.25, 0.3) is 0 Å². The maximum atomic E-state index is 12.1. The average Bonchev–Trinajstić information content (AvgIpc) is 2.67. The van der Waals surface area contributed by atoms with Gasteiger partial charge in [0.1, 0.15) is 0 Å². The van der Waals surface area contributed by atoms with E-state index in [1.807, 2.05) is 36.4 Å². The van der Waals surface area contributed by atoms with E-state index in [1.165, 1.54) is 12.4 Å². The molecule has 0 fully saturated rings. The van der Waals surface area contributed by atoms with E-state index in [0.717, 1.165) is 11.1 Å². The van der Waals surface area contributed by atoms with Gasteiger partial charge < -0.3 is 10.6 Å². The molecule has 6 nitrogen and oxygen atoms in total. The third-order valence-electron chi connectivity index (χ3n) is 3.70. The molecule has 3 rings (SSSR count). The molecule has 0 atom stereocenters. The largest absolute Gasteiger partial charge is 0.352 e. The molecule has 3 aromatic rings. The van der Waals surface area contributed by atoms with Gasteiger partial charge in [-0.2, -0.15) is 0 Å². The number of pyridine rings is 1. The first-order valence-electron chi connectivity index (χ1n) is 8.18. The Labute approximate surface area is 156 Å². The van der Waals surface area contributed by atoms with Crippen LogP contribution >= 0.6 is 11.6 Å². The summed E-state index contributed by atoms with van der Waals surface area (Å²) in [4.78, 5) is 24.5. The van der Waals surface area contributed by atoms with Gasteiger partial charge in [-0.15, -0.1) is 0 Å². The van der Waals surface area contributed by atoms with E-state index in [2.05, 4.69) is 25.6 Å². The Morgan fingerprint density at radius 3 is 2.54 bits per heavy atom. The molecule has 0 spiro atoms. The number of nitrogens with zero attached hydrogens (tertiary/aromatic N) is 3. The molecule has 2 N–H and O–H groups in total. The van der Waals surface area contributed by atoms with E-state index in [-0.39, 0.29) is 5.91 Å². The van der Waals surface area contributed by atoms with Gasteiger partial charge in [-0.1, -0.05) is 23.7 Å².